The Hall–Kier alpha value is -2.42. The van der Waals surface area contributed by atoms with Crippen LogP contribution in [0.2, 0.25) is 0 Å². The molecule has 1 aromatic rings. The van der Waals surface area contributed by atoms with Crippen molar-refractivity contribution >= 4 is 27.7 Å². The maximum Gasteiger partial charge on any atom is 0.331 e. The first-order valence-electron chi connectivity index (χ1n) is 8.44. The zero-order valence-electron chi connectivity index (χ0n) is 15.0. The van der Waals surface area contributed by atoms with Gasteiger partial charge >= 0.3 is 5.97 Å². The van der Waals surface area contributed by atoms with Crippen LogP contribution in [0.15, 0.2) is 34.2 Å². The molecule has 1 amide bonds. The molecule has 26 heavy (non-hydrogen) atoms. The number of esters is 1. The number of aliphatic imine (C=N–C) groups is 1. The molecule has 0 aromatic heterocycles. The number of ether oxygens (including phenoxy) is 1. The third kappa shape index (κ3) is 4.60. The summed E-state index contributed by atoms with van der Waals surface area (Å²) in [6.07, 6.45) is 1.58. The van der Waals surface area contributed by atoms with E-state index in [1.165, 1.54) is 13.0 Å². The fourth-order valence-corrected chi connectivity index (χ4v) is 3.73. The van der Waals surface area contributed by atoms with Gasteiger partial charge in [-0.1, -0.05) is 26.0 Å². The standard InChI is InChI=1S/C17H23N3O5S/c1-4-12(5-2)19-15(21)10-25-17(22)11(3)18-16-13-8-6-7-9-14(13)26(23,24)20-16/h6-9,11-12H,4-5,10H2,1-3H3,(H,18,20)(H,19,21)/t11-/m0/s1. The van der Waals surface area contributed by atoms with Crippen LogP contribution in [-0.2, 0) is 24.3 Å². The molecule has 0 aliphatic carbocycles. The van der Waals surface area contributed by atoms with Gasteiger partial charge in [0, 0.05) is 11.6 Å². The third-order valence-corrected chi connectivity index (χ3v) is 5.42. The van der Waals surface area contributed by atoms with Crippen molar-refractivity contribution < 1.29 is 22.7 Å². The van der Waals surface area contributed by atoms with Gasteiger partial charge in [0.15, 0.2) is 6.61 Å². The van der Waals surface area contributed by atoms with Crippen LogP contribution in [0.4, 0.5) is 0 Å². The highest BCUT2D eigenvalue weighted by Gasteiger charge is 2.31. The minimum atomic E-state index is -3.67. The molecule has 2 N–H and O–H groups in total. The van der Waals surface area contributed by atoms with E-state index in [0.29, 0.717) is 5.56 Å². The lowest BCUT2D eigenvalue weighted by molar-refractivity contribution is -0.149. The molecule has 1 aromatic carbocycles. The zero-order valence-corrected chi connectivity index (χ0v) is 15.8. The molecule has 0 bridgehead atoms. The van der Waals surface area contributed by atoms with Crippen molar-refractivity contribution in [1.82, 2.24) is 10.0 Å². The average Bonchev–Trinajstić information content (AvgIpc) is 2.88. The summed E-state index contributed by atoms with van der Waals surface area (Å²) in [5.41, 5.74) is 0.402. The molecule has 142 valence electrons. The van der Waals surface area contributed by atoms with Crippen molar-refractivity contribution in [3.05, 3.63) is 29.8 Å². The fourth-order valence-electron chi connectivity index (χ4n) is 2.50. The minimum Gasteiger partial charge on any atom is -0.454 e. The van der Waals surface area contributed by atoms with E-state index >= 15 is 0 Å². The van der Waals surface area contributed by atoms with E-state index in [9.17, 15) is 18.0 Å². The van der Waals surface area contributed by atoms with Crippen LogP contribution in [0, 0.1) is 0 Å². The number of fused-ring (bicyclic) bond motifs is 1. The molecular formula is C17H23N3O5S. The van der Waals surface area contributed by atoms with Crippen LogP contribution in [0.1, 0.15) is 39.2 Å². The van der Waals surface area contributed by atoms with Crippen LogP contribution in [0.5, 0.6) is 0 Å². The van der Waals surface area contributed by atoms with Gasteiger partial charge in [-0.2, -0.15) is 0 Å². The second kappa shape index (κ2) is 8.31. The van der Waals surface area contributed by atoms with Crippen molar-refractivity contribution in [2.24, 2.45) is 4.99 Å². The predicted molar refractivity (Wildman–Crippen MR) is 96.2 cm³/mol. The number of benzene rings is 1. The molecule has 9 heteroatoms. The summed E-state index contributed by atoms with van der Waals surface area (Å²) in [7, 11) is -3.67. The highest BCUT2D eigenvalue weighted by molar-refractivity contribution is 7.90. The zero-order chi connectivity index (χ0) is 19.3. The van der Waals surface area contributed by atoms with Gasteiger partial charge in [0.2, 0.25) is 0 Å². The lowest BCUT2D eigenvalue weighted by atomic mass is 10.2. The molecule has 2 rings (SSSR count). The van der Waals surface area contributed by atoms with Gasteiger partial charge in [0.05, 0.1) is 4.90 Å². The van der Waals surface area contributed by atoms with E-state index in [-0.39, 0.29) is 22.7 Å². The molecule has 0 radical (unpaired) electrons. The van der Waals surface area contributed by atoms with Crippen LogP contribution in [0.25, 0.3) is 0 Å². The maximum absolute atomic E-state index is 12.0. The van der Waals surface area contributed by atoms with Crippen LogP contribution >= 0.6 is 0 Å². The molecule has 0 fully saturated rings. The van der Waals surface area contributed by atoms with E-state index in [0.717, 1.165) is 12.8 Å². The fraction of sp³-hybridized carbons (Fsp3) is 0.471. The van der Waals surface area contributed by atoms with Gasteiger partial charge in [-0.15, -0.1) is 0 Å². The Morgan fingerprint density at radius 1 is 1.23 bits per heavy atom. The normalized spacial score (nSPS) is 17.5. The van der Waals surface area contributed by atoms with Gasteiger partial charge < -0.3 is 10.1 Å². The number of sulfonamides is 1. The molecule has 1 aliphatic rings. The third-order valence-electron chi connectivity index (χ3n) is 4.02. The Bertz CT molecular complexity index is 815. The van der Waals surface area contributed by atoms with Gasteiger partial charge in [-0.3, -0.25) is 14.5 Å². The Kier molecular flexibility index (Phi) is 6.36. The second-order valence-corrected chi connectivity index (χ2v) is 7.59. The largest absolute Gasteiger partial charge is 0.454 e. The number of amidine groups is 1. The van der Waals surface area contributed by atoms with Crippen LogP contribution in [-0.4, -0.2) is 44.8 Å². The van der Waals surface area contributed by atoms with Crippen molar-refractivity contribution in [3.8, 4) is 0 Å². The smallest absolute Gasteiger partial charge is 0.331 e. The Morgan fingerprint density at radius 3 is 2.54 bits per heavy atom. The topological polar surface area (TPSA) is 114 Å². The van der Waals surface area contributed by atoms with Gasteiger partial charge in [-0.25, -0.2) is 13.2 Å². The SMILES string of the molecule is CCC(CC)NC(=O)COC(=O)[C@H](C)N=C1NS(=O)(=O)c2ccccc21. The van der Waals surface area contributed by atoms with E-state index in [4.69, 9.17) is 4.74 Å². The van der Waals surface area contributed by atoms with Gasteiger partial charge in [-0.05, 0) is 31.9 Å². The number of nitrogens with zero attached hydrogens (tertiary/aromatic N) is 1. The number of amides is 1. The summed E-state index contributed by atoms with van der Waals surface area (Å²) in [6, 6.07) is 5.44. The first-order valence-corrected chi connectivity index (χ1v) is 9.92. The van der Waals surface area contributed by atoms with Crippen molar-refractivity contribution in [3.63, 3.8) is 0 Å². The highest BCUT2D eigenvalue weighted by Crippen LogP contribution is 2.22. The first-order chi connectivity index (χ1) is 12.3. The second-order valence-electron chi connectivity index (χ2n) is 5.94. The quantitative estimate of drug-likeness (QED) is 0.683. The van der Waals surface area contributed by atoms with Gasteiger partial charge in [0.25, 0.3) is 15.9 Å². The van der Waals surface area contributed by atoms with Crippen molar-refractivity contribution in [1.29, 1.82) is 0 Å². The number of carbonyl (C=O) groups is 2. The maximum atomic E-state index is 12.0. The van der Waals surface area contributed by atoms with E-state index in [1.807, 2.05) is 13.8 Å². The lowest BCUT2D eigenvalue weighted by Gasteiger charge is -2.15. The monoisotopic (exact) mass is 381 g/mol. The summed E-state index contributed by atoms with van der Waals surface area (Å²) >= 11 is 0. The number of hydrogen-bond acceptors (Lipinski definition) is 6. The summed E-state index contributed by atoms with van der Waals surface area (Å²) in [5, 5.41) is 2.76. The Balaban J connectivity index is 2.00. The minimum absolute atomic E-state index is 0.0447. The number of nitrogens with one attached hydrogen (secondary N) is 2. The molecule has 8 nitrogen and oxygen atoms in total. The Labute approximate surface area is 153 Å². The van der Waals surface area contributed by atoms with Crippen LogP contribution in [0.3, 0.4) is 0 Å². The van der Waals surface area contributed by atoms with E-state index in [1.54, 1.807) is 18.2 Å². The number of carbonyl (C=O) groups excluding carboxylic acids is 2. The molecule has 1 aliphatic heterocycles. The number of rotatable bonds is 7. The molecular weight excluding hydrogens is 358 g/mol. The van der Waals surface area contributed by atoms with Crippen LogP contribution < -0.4 is 10.0 Å². The molecule has 0 saturated heterocycles. The summed E-state index contributed by atoms with van der Waals surface area (Å²) in [6.45, 7) is 4.99. The summed E-state index contributed by atoms with van der Waals surface area (Å²) in [5.74, 6) is -0.994. The predicted octanol–water partition coefficient (Wildman–Crippen LogP) is 0.962. The van der Waals surface area contributed by atoms with E-state index < -0.39 is 28.6 Å². The van der Waals surface area contributed by atoms with Gasteiger partial charge in [0.1, 0.15) is 11.9 Å². The van der Waals surface area contributed by atoms with E-state index in [2.05, 4.69) is 15.0 Å². The molecule has 0 saturated carbocycles. The average molecular weight is 381 g/mol. The lowest BCUT2D eigenvalue weighted by Crippen LogP contribution is -2.37. The van der Waals surface area contributed by atoms with Crippen molar-refractivity contribution in [2.75, 3.05) is 6.61 Å². The number of hydrogen-bond donors (Lipinski definition) is 2. The molecule has 0 spiro atoms. The molecule has 1 atom stereocenters. The van der Waals surface area contributed by atoms with Crippen molar-refractivity contribution in [2.45, 2.75) is 50.6 Å². The first kappa shape index (κ1) is 19.9. The molecule has 1 heterocycles. The summed E-state index contributed by atoms with van der Waals surface area (Å²) in [4.78, 5) is 28.0. The molecule has 0 unspecified atom stereocenters. The highest BCUT2D eigenvalue weighted by atomic mass is 32.2. The Morgan fingerprint density at radius 2 is 1.88 bits per heavy atom. The summed E-state index contributed by atoms with van der Waals surface area (Å²) < 4.78 is 31.3.